The molecule has 1 aliphatic carbocycles. The molecule has 2 N–H and O–H groups in total. The number of fused-ring (bicyclic) bond motifs is 2. The van der Waals surface area contributed by atoms with Gasteiger partial charge >= 0.3 is 0 Å². The van der Waals surface area contributed by atoms with E-state index in [1.807, 2.05) is 17.0 Å². The second-order valence-corrected chi connectivity index (χ2v) is 7.87. The second kappa shape index (κ2) is 5.82. The molecule has 2 heterocycles. The standard InChI is InChI=1S/C21H24N2O2/c24-19-12-23(21(25)20-17-10-22-11-18(17)20)8-7-16(19)15-6-5-13-3-1-2-4-14(13)9-15/h1-6,9,16-20,22,24H,7-8,10-12H2/t16-,17-,18+,19+,20?/m0/s1. The van der Waals surface area contributed by atoms with Gasteiger partial charge in [-0.05, 0) is 47.7 Å². The first-order valence-corrected chi connectivity index (χ1v) is 9.38. The Kier molecular flexibility index (Phi) is 3.57. The number of hydrogen-bond donors (Lipinski definition) is 2. The van der Waals surface area contributed by atoms with Crippen LogP contribution in [0.25, 0.3) is 10.8 Å². The van der Waals surface area contributed by atoms with Crippen LogP contribution in [0.1, 0.15) is 17.9 Å². The number of benzene rings is 2. The minimum atomic E-state index is -0.476. The Labute approximate surface area is 147 Å². The Balaban J connectivity index is 1.30. The van der Waals surface area contributed by atoms with E-state index >= 15 is 0 Å². The summed E-state index contributed by atoms with van der Waals surface area (Å²) in [6, 6.07) is 14.8. The van der Waals surface area contributed by atoms with Crippen molar-refractivity contribution < 1.29 is 9.90 Å². The first-order valence-electron chi connectivity index (χ1n) is 9.38. The molecule has 1 amide bonds. The van der Waals surface area contributed by atoms with E-state index in [4.69, 9.17) is 0 Å². The van der Waals surface area contributed by atoms with Crippen molar-refractivity contribution in [2.45, 2.75) is 18.4 Å². The van der Waals surface area contributed by atoms with E-state index < -0.39 is 6.10 Å². The molecule has 3 aliphatic rings. The minimum Gasteiger partial charge on any atom is -0.391 e. The molecule has 130 valence electrons. The Hall–Kier alpha value is -1.91. The molecule has 25 heavy (non-hydrogen) atoms. The number of aliphatic hydroxyl groups is 1. The van der Waals surface area contributed by atoms with Crippen molar-refractivity contribution in [1.82, 2.24) is 10.2 Å². The maximum absolute atomic E-state index is 12.7. The molecule has 1 unspecified atom stereocenters. The lowest BCUT2D eigenvalue weighted by Gasteiger charge is -2.36. The highest BCUT2D eigenvalue weighted by atomic mass is 16.3. The summed E-state index contributed by atoms with van der Waals surface area (Å²) in [5, 5.41) is 16.5. The van der Waals surface area contributed by atoms with Crippen molar-refractivity contribution in [2.24, 2.45) is 17.8 Å². The number of aliphatic hydroxyl groups excluding tert-OH is 1. The van der Waals surface area contributed by atoms with Gasteiger partial charge < -0.3 is 15.3 Å². The van der Waals surface area contributed by atoms with Crippen molar-refractivity contribution in [3.63, 3.8) is 0 Å². The van der Waals surface area contributed by atoms with Gasteiger partial charge in [0.25, 0.3) is 0 Å². The summed E-state index contributed by atoms with van der Waals surface area (Å²) in [5.74, 6) is 1.69. The maximum atomic E-state index is 12.7. The summed E-state index contributed by atoms with van der Waals surface area (Å²) in [6.07, 6.45) is 0.363. The number of nitrogens with zero attached hydrogens (tertiary/aromatic N) is 1. The molecule has 5 rings (SSSR count). The summed E-state index contributed by atoms with van der Waals surface area (Å²) in [5.41, 5.74) is 1.19. The smallest absolute Gasteiger partial charge is 0.226 e. The lowest BCUT2D eigenvalue weighted by atomic mass is 9.86. The van der Waals surface area contributed by atoms with Crippen molar-refractivity contribution >= 4 is 16.7 Å². The van der Waals surface area contributed by atoms with Gasteiger partial charge in [-0.3, -0.25) is 4.79 Å². The van der Waals surface area contributed by atoms with Gasteiger partial charge in [0.05, 0.1) is 6.10 Å². The molecule has 0 spiro atoms. The third-order valence-corrected chi connectivity index (χ3v) is 6.47. The molecular weight excluding hydrogens is 312 g/mol. The van der Waals surface area contributed by atoms with Gasteiger partial charge in [-0.15, -0.1) is 0 Å². The normalized spacial score (nSPS) is 34.1. The van der Waals surface area contributed by atoms with Crippen LogP contribution in [0.4, 0.5) is 0 Å². The van der Waals surface area contributed by atoms with Gasteiger partial charge in [-0.1, -0.05) is 42.5 Å². The number of likely N-dealkylation sites (tertiary alicyclic amines) is 1. The zero-order valence-electron chi connectivity index (χ0n) is 14.3. The number of nitrogens with one attached hydrogen (secondary N) is 1. The molecule has 0 bridgehead atoms. The van der Waals surface area contributed by atoms with Gasteiger partial charge in [0.2, 0.25) is 5.91 Å². The van der Waals surface area contributed by atoms with Crippen LogP contribution < -0.4 is 5.32 Å². The SMILES string of the molecule is O=C(C1[C@H]2CNC[C@@H]12)N1CC[C@@H](c2ccc3ccccc3c2)[C@H](O)C1. The van der Waals surface area contributed by atoms with Gasteiger partial charge in [0, 0.05) is 24.9 Å². The topological polar surface area (TPSA) is 52.6 Å². The van der Waals surface area contributed by atoms with Gasteiger partial charge in [-0.2, -0.15) is 0 Å². The van der Waals surface area contributed by atoms with Gasteiger partial charge in [-0.25, -0.2) is 0 Å². The highest BCUT2D eigenvalue weighted by Gasteiger charge is 2.58. The lowest BCUT2D eigenvalue weighted by Crippen LogP contribution is -2.47. The van der Waals surface area contributed by atoms with E-state index in [9.17, 15) is 9.90 Å². The number of carbonyl (C=O) groups is 1. The summed E-state index contributed by atoms with van der Waals surface area (Å²) >= 11 is 0. The van der Waals surface area contributed by atoms with E-state index in [2.05, 4.69) is 35.6 Å². The van der Waals surface area contributed by atoms with Crippen LogP contribution in [-0.2, 0) is 4.79 Å². The van der Waals surface area contributed by atoms with Crippen molar-refractivity contribution in [3.8, 4) is 0 Å². The quantitative estimate of drug-likeness (QED) is 0.882. The maximum Gasteiger partial charge on any atom is 0.226 e. The molecule has 2 saturated heterocycles. The number of β-amino-alcohol motifs (C(OH)–C–C–N with tert-alkyl or cyclic N) is 1. The van der Waals surface area contributed by atoms with E-state index in [0.717, 1.165) is 26.1 Å². The van der Waals surface area contributed by atoms with Crippen LogP contribution in [0.15, 0.2) is 42.5 Å². The Morgan fingerprint density at radius 1 is 1.08 bits per heavy atom. The highest BCUT2D eigenvalue weighted by molar-refractivity contribution is 5.84. The molecular formula is C21H24N2O2. The molecule has 3 fully saturated rings. The first-order chi connectivity index (χ1) is 12.2. The third-order valence-electron chi connectivity index (χ3n) is 6.47. The Morgan fingerprint density at radius 2 is 1.84 bits per heavy atom. The van der Waals surface area contributed by atoms with Crippen LogP contribution in [0.2, 0.25) is 0 Å². The number of carbonyl (C=O) groups excluding carboxylic acids is 1. The lowest BCUT2D eigenvalue weighted by molar-refractivity contribution is -0.136. The fourth-order valence-corrected chi connectivity index (χ4v) is 4.95. The van der Waals surface area contributed by atoms with Crippen molar-refractivity contribution in [1.29, 1.82) is 0 Å². The van der Waals surface area contributed by atoms with Crippen LogP contribution in [0.5, 0.6) is 0 Å². The fraction of sp³-hybridized carbons (Fsp3) is 0.476. The van der Waals surface area contributed by atoms with Gasteiger partial charge in [0.1, 0.15) is 0 Å². The summed E-state index contributed by atoms with van der Waals surface area (Å²) < 4.78 is 0. The molecule has 2 aromatic rings. The number of hydrogen-bond acceptors (Lipinski definition) is 3. The third kappa shape index (κ3) is 2.55. The molecule has 1 saturated carbocycles. The van der Waals surface area contributed by atoms with Gasteiger partial charge in [0.15, 0.2) is 0 Å². The van der Waals surface area contributed by atoms with Crippen LogP contribution in [-0.4, -0.2) is 48.2 Å². The van der Waals surface area contributed by atoms with E-state index in [-0.39, 0.29) is 17.7 Å². The predicted molar refractivity (Wildman–Crippen MR) is 97.2 cm³/mol. The minimum absolute atomic E-state index is 0.119. The largest absolute Gasteiger partial charge is 0.391 e. The first kappa shape index (κ1) is 15.4. The summed E-state index contributed by atoms with van der Waals surface area (Å²) in [6.45, 7) is 3.20. The van der Waals surface area contributed by atoms with Crippen molar-refractivity contribution in [3.05, 3.63) is 48.0 Å². The number of piperidine rings is 2. The number of rotatable bonds is 2. The Morgan fingerprint density at radius 3 is 2.60 bits per heavy atom. The summed E-state index contributed by atoms with van der Waals surface area (Å²) in [4.78, 5) is 14.6. The molecule has 0 radical (unpaired) electrons. The van der Waals surface area contributed by atoms with Crippen LogP contribution in [0.3, 0.4) is 0 Å². The van der Waals surface area contributed by atoms with E-state index in [1.165, 1.54) is 16.3 Å². The van der Waals surface area contributed by atoms with Crippen LogP contribution >= 0.6 is 0 Å². The molecule has 4 heteroatoms. The number of amides is 1. The van der Waals surface area contributed by atoms with E-state index in [0.29, 0.717) is 18.4 Å². The monoisotopic (exact) mass is 336 g/mol. The van der Waals surface area contributed by atoms with Crippen molar-refractivity contribution in [2.75, 3.05) is 26.2 Å². The molecule has 0 aromatic heterocycles. The second-order valence-electron chi connectivity index (χ2n) is 7.87. The molecule has 4 nitrogen and oxygen atoms in total. The average Bonchev–Trinajstić information content (AvgIpc) is 3.12. The van der Waals surface area contributed by atoms with Crippen LogP contribution in [0, 0.1) is 17.8 Å². The molecule has 2 aliphatic heterocycles. The predicted octanol–water partition coefficient (Wildman–Crippen LogP) is 1.98. The zero-order valence-corrected chi connectivity index (χ0v) is 14.3. The highest BCUT2D eigenvalue weighted by Crippen LogP contribution is 2.50. The molecule has 2 aromatic carbocycles. The molecule has 5 atom stereocenters. The Bertz CT molecular complexity index is 810. The van der Waals surface area contributed by atoms with E-state index in [1.54, 1.807) is 0 Å². The average molecular weight is 336 g/mol. The fourth-order valence-electron chi connectivity index (χ4n) is 4.95. The summed E-state index contributed by atoms with van der Waals surface area (Å²) in [7, 11) is 0. The zero-order chi connectivity index (χ0) is 17.0.